The molecular weight excluding hydrogens is 433 g/mol. The molecule has 0 spiro atoms. The van der Waals surface area contributed by atoms with Gasteiger partial charge in [-0.2, -0.15) is 4.39 Å². The largest absolute Gasteiger partial charge is 0.494 e. The molecule has 0 N–H and O–H groups in total. The van der Waals surface area contributed by atoms with Gasteiger partial charge in [-0.25, -0.2) is 13.6 Å². The summed E-state index contributed by atoms with van der Waals surface area (Å²) in [5, 5.41) is 0. The lowest BCUT2D eigenvalue weighted by molar-refractivity contribution is -0.0602. The third-order valence-corrected chi connectivity index (χ3v) is 5.71. The van der Waals surface area contributed by atoms with Gasteiger partial charge in [0.15, 0.2) is 11.6 Å². The van der Waals surface area contributed by atoms with Gasteiger partial charge in [0.1, 0.15) is 11.9 Å². The second kappa shape index (κ2) is 9.67. The number of carbonyl (C=O) groups is 1. The molecule has 4 nitrogen and oxygen atoms in total. The van der Waals surface area contributed by atoms with Crippen molar-refractivity contribution in [1.82, 2.24) is 0 Å². The van der Waals surface area contributed by atoms with Crippen LogP contribution in [0.3, 0.4) is 0 Å². The molecule has 0 amide bonds. The van der Waals surface area contributed by atoms with E-state index in [0.717, 1.165) is 12.5 Å². The molecule has 0 saturated carbocycles. The fraction of sp³-hybridized carbons (Fsp3) is 0.269. The van der Waals surface area contributed by atoms with Gasteiger partial charge in [0.2, 0.25) is 5.82 Å². The number of halogens is 3. The van der Waals surface area contributed by atoms with Gasteiger partial charge >= 0.3 is 5.97 Å². The lowest BCUT2D eigenvalue weighted by Crippen LogP contribution is -2.31. The van der Waals surface area contributed by atoms with Gasteiger partial charge in [-0.1, -0.05) is 30.3 Å². The van der Waals surface area contributed by atoms with E-state index in [1.165, 1.54) is 31.4 Å². The van der Waals surface area contributed by atoms with E-state index < -0.39 is 23.4 Å². The normalized spacial score (nSPS) is 18.1. The van der Waals surface area contributed by atoms with E-state index >= 15 is 0 Å². The zero-order valence-corrected chi connectivity index (χ0v) is 18.2. The monoisotopic (exact) mass is 456 g/mol. The van der Waals surface area contributed by atoms with Gasteiger partial charge in [0, 0.05) is 11.1 Å². The van der Waals surface area contributed by atoms with Crippen molar-refractivity contribution in [3.05, 3.63) is 77.6 Å². The van der Waals surface area contributed by atoms with Crippen molar-refractivity contribution >= 4 is 5.97 Å². The van der Waals surface area contributed by atoms with Crippen molar-refractivity contribution in [3.8, 4) is 28.0 Å². The maximum atomic E-state index is 14.8. The summed E-state index contributed by atoms with van der Waals surface area (Å²) >= 11 is 0. The Kier molecular flexibility index (Phi) is 6.70. The van der Waals surface area contributed by atoms with Gasteiger partial charge in [-0.05, 0) is 55.2 Å². The predicted molar refractivity (Wildman–Crippen MR) is 118 cm³/mol. The summed E-state index contributed by atoms with van der Waals surface area (Å²) in [5.74, 6) is -3.46. The average Bonchev–Trinajstić information content (AvgIpc) is 2.82. The van der Waals surface area contributed by atoms with Crippen LogP contribution in [-0.4, -0.2) is 31.9 Å². The SMILES string of the molecule is COc1ccc(-c2ccc(-c3ccc(C(=O)OC4CCC(C)OC4)cc3F)cc2)c(F)c1F. The highest BCUT2D eigenvalue weighted by Gasteiger charge is 2.23. The molecule has 0 radical (unpaired) electrons. The highest BCUT2D eigenvalue weighted by molar-refractivity contribution is 5.90. The number of carbonyl (C=O) groups excluding carboxylic acids is 1. The molecule has 4 rings (SSSR count). The Morgan fingerprint density at radius 1 is 0.909 bits per heavy atom. The molecule has 1 saturated heterocycles. The molecule has 33 heavy (non-hydrogen) atoms. The molecule has 3 aromatic carbocycles. The summed E-state index contributed by atoms with van der Waals surface area (Å²) in [5.41, 5.74) is 1.42. The second-order valence-electron chi connectivity index (χ2n) is 7.96. The molecule has 3 aromatic rings. The van der Waals surface area contributed by atoms with E-state index in [0.29, 0.717) is 24.2 Å². The summed E-state index contributed by atoms with van der Waals surface area (Å²) in [7, 11) is 1.26. The van der Waals surface area contributed by atoms with Crippen LogP contribution in [0.2, 0.25) is 0 Å². The van der Waals surface area contributed by atoms with Crippen LogP contribution < -0.4 is 4.74 Å². The molecular formula is C26H23F3O4. The van der Waals surface area contributed by atoms with Gasteiger partial charge in [0.25, 0.3) is 0 Å². The lowest BCUT2D eigenvalue weighted by atomic mass is 9.98. The van der Waals surface area contributed by atoms with Gasteiger partial charge in [-0.3, -0.25) is 0 Å². The smallest absolute Gasteiger partial charge is 0.338 e. The summed E-state index contributed by atoms with van der Waals surface area (Å²) in [6, 6.07) is 13.3. The zero-order valence-electron chi connectivity index (χ0n) is 18.2. The molecule has 1 aliphatic heterocycles. The average molecular weight is 456 g/mol. The van der Waals surface area contributed by atoms with E-state index in [4.69, 9.17) is 14.2 Å². The first kappa shape index (κ1) is 22.9. The fourth-order valence-electron chi connectivity index (χ4n) is 3.79. The van der Waals surface area contributed by atoms with Crippen molar-refractivity contribution in [2.24, 2.45) is 0 Å². The number of hydrogen-bond acceptors (Lipinski definition) is 4. The van der Waals surface area contributed by atoms with E-state index in [9.17, 15) is 18.0 Å². The Balaban J connectivity index is 1.51. The van der Waals surface area contributed by atoms with E-state index in [2.05, 4.69) is 0 Å². The maximum absolute atomic E-state index is 14.8. The van der Waals surface area contributed by atoms with Gasteiger partial charge < -0.3 is 14.2 Å². The van der Waals surface area contributed by atoms with Crippen molar-refractivity contribution in [3.63, 3.8) is 0 Å². The lowest BCUT2D eigenvalue weighted by Gasteiger charge is -2.26. The standard InChI is InChI=1S/C26H23F3O4/c1-15-3-9-19(14-32-15)33-26(30)18-8-10-20(22(27)13-18)16-4-6-17(7-5-16)21-11-12-23(31-2)25(29)24(21)28/h4-8,10-13,15,19H,3,9,14H2,1-2H3. The van der Waals surface area contributed by atoms with Crippen LogP contribution in [0.4, 0.5) is 13.2 Å². The van der Waals surface area contributed by atoms with E-state index in [-0.39, 0.29) is 34.6 Å². The Hall–Kier alpha value is -3.32. The molecule has 172 valence electrons. The molecule has 1 aliphatic rings. The molecule has 7 heteroatoms. The molecule has 1 heterocycles. The number of methoxy groups -OCH3 is 1. The Morgan fingerprint density at radius 3 is 2.18 bits per heavy atom. The van der Waals surface area contributed by atoms with Crippen LogP contribution in [-0.2, 0) is 9.47 Å². The van der Waals surface area contributed by atoms with Crippen LogP contribution in [0.5, 0.6) is 5.75 Å². The second-order valence-corrected chi connectivity index (χ2v) is 7.96. The Bertz CT molecular complexity index is 1150. The minimum atomic E-state index is -1.07. The molecule has 0 aromatic heterocycles. The summed E-state index contributed by atoms with van der Waals surface area (Å²) in [6.45, 7) is 2.29. The number of esters is 1. The van der Waals surface area contributed by atoms with Crippen LogP contribution in [0.25, 0.3) is 22.3 Å². The first-order valence-corrected chi connectivity index (χ1v) is 10.6. The first-order valence-electron chi connectivity index (χ1n) is 10.6. The van der Waals surface area contributed by atoms with Crippen LogP contribution >= 0.6 is 0 Å². The van der Waals surface area contributed by atoms with Crippen molar-refractivity contribution in [2.75, 3.05) is 13.7 Å². The molecule has 2 atom stereocenters. The number of hydrogen-bond donors (Lipinski definition) is 0. The summed E-state index contributed by atoms with van der Waals surface area (Å²) < 4.78 is 58.9. The predicted octanol–water partition coefficient (Wildman–Crippen LogP) is 6.17. The fourth-order valence-corrected chi connectivity index (χ4v) is 3.79. The van der Waals surface area contributed by atoms with Gasteiger partial charge in [-0.15, -0.1) is 0 Å². The molecule has 1 fully saturated rings. The van der Waals surface area contributed by atoms with Crippen molar-refractivity contribution in [1.29, 1.82) is 0 Å². The Labute approximate surface area is 189 Å². The van der Waals surface area contributed by atoms with Crippen LogP contribution in [0, 0.1) is 17.5 Å². The van der Waals surface area contributed by atoms with E-state index in [1.807, 2.05) is 6.92 Å². The van der Waals surface area contributed by atoms with Crippen molar-refractivity contribution in [2.45, 2.75) is 32.0 Å². The number of rotatable bonds is 5. The van der Waals surface area contributed by atoms with E-state index in [1.54, 1.807) is 24.3 Å². The Morgan fingerprint density at radius 2 is 1.58 bits per heavy atom. The molecule has 0 bridgehead atoms. The van der Waals surface area contributed by atoms with Gasteiger partial charge in [0.05, 0.1) is 25.4 Å². The summed E-state index contributed by atoms with van der Waals surface area (Å²) in [4.78, 5) is 12.4. The minimum absolute atomic E-state index is 0.0690. The molecule has 2 unspecified atom stereocenters. The minimum Gasteiger partial charge on any atom is -0.494 e. The van der Waals surface area contributed by atoms with Crippen LogP contribution in [0.15, 0.2) is 54.6 Å². The number of ether oxygens (including phenoxy) is 3. The van der Waals surface area contributed by atoms with Crippen molar-refractivity contribution < 1.29 is 32.2 Å². The third-order valence-electron chi connectivity index (χ3n) is 5.71. The maximum Gasteiger partial charge on any atom is 0.338 e. The number of benzene rings is 3. The quantitative estimate of drug-likeness (QED) is 0.431. The summed E-state index contributed by atoms with van der Waals surface area (Å²) in [6.07, 6.45) is 1.31. The first-order chi connectivity index (χ1) is 15.9. The highest BCUT2D eigenvalue weighted by Crippen LogP contribution is 2.32. The molecule has 0 aliphatic carbocycles. The third kappa shape index (κ3) is 4.88. The van der Waals surface area contributed by atoms with Crippen LogP contribution in [0.1, 0.15) is 30.1 Å². The highest BCUT2D eigenvalue weighted by atomic mass is 19.2. The topological polar surface area (TPSA) is 44.8 Å². The zero-order chi connectivity index (χ0) is 23.5.